The van der Waals surface area contributed by atoms with E-state index in [2.05, 4.69) is 28.6 Å². The van der Waals surface area contributed by atoms with Crippen molar-refractivity contribution in [2.75, 3.05) is 5.75 Å². The molecule has 0 heterocycles. The molecule has 0 rings (SSSR count). The number of aliphatic hydroxyl groups is 1. The summed E-state index contributed by atoms with van der Waals surface area (Å²) in [5.41, 5.74) is 15.5. The third kappa shape index (κ3) is 10.6. The van der Waals surface area contributed by atoms with E-state index in [1.54, 1.807) is 0 Å². The SMILES string of the molecule is CC(O)C(N)C(=O)NC(CS)C(=O)NC(CC(N)=O)C(=O)NC(CCC(N)=O)C(=O)O. The predicted octanol–water partition coefficient (Wildman–Crippen LogP) is -4.70. The Balaban J connectivity index is 5.31. The molecule has 0 saturated carbocycles. The van der Waals surface area contributed by atoms with E-state index >= 15 is 0 Å². The molecule has 0 spiro atoms. The summed E-state index contributed by atoms with van der Waals surface area (Å²) in [5.74, 6) is -6.33. The maximum Gasteiger partial charge on any atom is 0.326 e. The third-order valence-corrected chi connectivity index (χ3v) is 4.34. The van der Waals surface area contributed by atoms with E-state index in [0.717, 1.165) is 0 Å². The number of amides is 5. The lowest BCUT2D eigenvalue weighted by atomic mass is 10.1. The molecule has 0 aliphatic heterocycles. The van der Waals surface area contributed by atoms with Crippen LogP contribution >= 0.6 is 12.6 Å². The Kier molecular flexibility index (Phi) is 12.1. The monoisotopic (exact) mass is 464 g/mol. The fraction of sp³-hybridized carbons (Fsp3) is 0.625. The average Bonchev–Trinajstić information content (AvgIpc) is 2.66. The Morgan fingerprint density at radius 3 is 1.77 bits per heavy atom. The lowest BCUT2D eigenvalue weighted by Crippen LogP contribution is -2.59. The molecule has 5 amide bonds. The first-order chi connectivity index (χ1) is 14.3. The highest BCUT2D eigenvalue weighted by molar-refractivity contribution is 7.80. The normalized spacial score (nSPS) is 15.5. The van der Waals surface area contributed by atoms with Gasteiger partial charge < -0.3 is 43.4 Å². The number of nitrogens with one attached hydrogen (secondary N) is 3. The van der Waals surface area contributed by atoms with Crippen molar-refractivity contribution in [2.45, 2.75) is 56.5 Å². The molecule has 14 nitrogen and oxygen atoms in total. The summed E-state index contributed by atoms with van der Waals surface area (Å²) < 4.78 is 0. The first-order valence-corrected chi connectivity index (χ1v) is 9.68. The summed E-state index contributed by atoms with van der Waals surface area (Å²) in [5, 5.41) is 25.0. The highest BCUT2D eigenvalue weighted by Crippen LogP contribution is 2.02. The number of rotatable bonds is 14. The van der Waals surface area contributed by atoms with Gasteiger partial charge in [0.25, 0.3) is 0 Å². The second-order valence-corrected chi connectivity index (χ2v) is 7.01. The fourth-order valence-corrected chi connectivity index (χ4v) is 2.44. The van der Waals surface area contributed by atoms with Gasteiger partial charge in [0.1, 0.15) is 24.2 Å². The summed E-state index contributed by atoms with van der Waals surface area (Å²) in [6, 6.07) is -5.72. The van der Waals surface area contributed by atoms with E-state index in [4.69, 9.17) is 22.3 Å². The van der Waals surface area contributed by atoms with Crippen LogP contribution in [-0.4, -0.2) is 81.7 Å². The summed E-state index contributed by atoms with van der Waals surface area (Å²) in [4.78, 5) is 70.2. The number of hydrogen-bond donors (Lipinski definition) is 9. The van der Waals surface area contributed by atoms with Crippen LogP contribution in [0.1, 0.15) is 26.2 Å². The van der Waals surface area contributed by atoms with Crippen molar-refractivity contribution >= 4 is 48.1 Å². The molecule has 0 radical (unpaired) electrons. The van der Waals surface area contributed by atoms with E-state index in [9.17, 15) is 33.9 Å². The van der Waals surface area contributed by atoms with Crippen molar-refractivity contribution in [3.63, 3.8) is 0 Å². The van der Waals surface area contributed by atoms with Crippen LogP contribution < -0.4 is 33.2 Å². The van der Waals surface area contributed by atoms with Crippen LogP contribution in [0.5, 0.6) is 0 Å². The Morgan fingerprint density at radius 1 is 0.871 bits per heavy atom. The molecule has 0 fully saturated rings. The van der Waals surface area contributed by atoms with Crippen molar-refractivity contribution in [3.8, 4) is 0 Å². The van der Waals surface area contributed by atoms with E-state index in [1.165, 1.54) is 6.92 Å². The highest BCUT2D eigenvalue weighted by atomic mass is 32.1. The summed E-state index contributed by atoms with van der Waals surface area (Å²) in [6.45, 7) is 1.27. The van der Waals surface area contributed by atoms with Gasteiger partial charge in [0.05, 0.1) is 12.5 Å². The van der Waals surface area contributed by atoms with Gasteiger partial charge in [-0.2, -0.15) is 12.6 Å². The summed E-state index contributed by atoms with van der Waals surface area (Å²) in [7, 11) is 0. The average molecular weight is 465 g/mol. The molecule has 0 aromatic carbocycles. The highest BCUT2D eigenvalue weighted by Gasteiger charge is 2.31. The second-order valence-electron chi connectivity index (χ2n) is 6.65. The fourth-order valence-electron chi connectivity index (χ4n) is 2.18. The van der Waals surface area contributed by atoms with Gasteiger partial charge >= 0.3 is 5.97 Å². The zero-order valence-corrected chi connectivity index (χ0v) is 17.6. The molecule has 31 heavy (non-hydrogen) atoms. The maximum absolute atomic E-state index is 12.4. The lowest BCUT2D eigenvalue weighted by molar-refractivity contribution is -0.142. The smallest absolute Gasteiger partial charge is 0.326 e. The number of thiol groups is 1. The van der Waals surface area contributed by atoms with Crippen molar-refractivity contribution in [1.29, 1.82) is 0 Å². The van der Waals surface area contributed by atoms with Gasteiger partial charge in [-0.1, -0.05) is 0 Å². The van der Waals surface area contributed by atoms with Crippen LogP contribution in [0.3, 0.4) is 0 Å². The Morgan fingerprint density at radius 2 is 1.35 bits per heavy atom. The quantitative estimate of drug-likeness (QED) is 0.112. The molecule has 5 unspecified atom stereocenters. The molecular formula is C16H28N6O8S. The van der Waals surface area contributed by atoms with Gasteiger partial charge in [0.15, 0.2) is 0 Å². The molecule has 0 aromatic heterocycles. The lowest BCUT2D eigenvalue weighted by Gasteiger charge is -2.24. The number of hydrogen-bond acceptors (Lipinski definition) is 9. The first-order valence-electron chi connectivity index (χ1n) is 9.05. The van der Waals surface area contributed by atoms with Crippen LogP contribution in [0.4, 0.5) is 0 Å². The van der Waals surface area contributed by atoms with Crippen LogP contribution in [0.15, 0.2) is 0 Å². The van der Waals surface area contributed by atoms with Gasteiger partial charge in [0, 0.05) is 12.2 Å². The van der Waals surface area contributed by atoms with E-state index < -0.39 is 72.2 Å². The molecule has 0 aliphatic carbocycles. The third-order valence-electron chi connectivity index (χ3n) is 3.97. The Bertz CT molecular complexity index is 704. The second kappa shape index (κ2) is 13.4. The standard InChI is InChI=1S/C16H28N6O8S/c1-6(23)12(19)15(28)22-9(5-31)14(27)21-8(4-11(18)25)13(26)20-7(16(29)30)2-3-10(17)24/h6-9,12,23,31H,2-5,19H2,1H3,(H2,17,24)(H2,18,25)(H,20,26)(H,21,27)(H,22,28)(H,29,30). The van der Waals surface area contributed by atoms with E-state index in [0.29, 0.717) is 0 Å². The first kappa shape index (κ1) is 28.1. The van der Waals surface area contributed by atoms with Crippen molar-refractivity contribution < 1.29 is 39.0 Å². The minimum absolute atomic E-state index is 0.231. The minimum Gasteiger partial charge on any atom is -0.480 e. The Hall–Kier alpha value is -2.91. The molecule has 5 atom stereocenters. The summed E-state index contributed by atoms with van der Waals surface area (Å²) >= 11 is 3.93. The number of carboxylic acids is 1. The number of nitrogens with two attached hydrogens (primary N) is 3. The van der Waals surface area contributed by atoms with Crippen LogP contribution in [0, 0.1) is 0 Å². The Labute approximate surface area is 183 Å². The number of primary amides is 2. The van der Waals surface area contributed by atoms with E-state index in [1.807, 2.05) is 0 Å². The van der Waals surface area contributed by atoms with Crippen molar-refractivity contribution in [2.24, 2.45) is 17.2 Å². The molecule has 0 aliphatic rings. The van der Waals surface area contributed by atoms with Crippen LogP contribution in [0.2, 0.25) is 0 Å². The van der Waals surface area contributed by atoms with Gasteiger partial charge in [-0.05, 0) is 13.3 Å². The molecule has 0 aromatic rings. The molecule has 176 valence electrons. The summed E-state index contributed by atoms with van der Waals surface area (Å²) in [6.07, 6.45) is -2.53. The van der Waals surface area contributed by atoms with Crippen LogP contribution in [0.25, 0.3) is 0 Å². The van der Waals surface area contributed by atoms with Gasteiger partial charge in [0.2, 0.25) is 29.5 Å². The van der Waals surface area contributed by atoms with Crippen molar-refractivity contribution in [3.05, 3.63) is 0 Å². The van der Waals surface area contributed by atoms with Crippen LogP contribution in [-0.2, 0) is 28.8 Å². The molecule has 11 N–H and O–H groups in total. The topological polar surface area (TPSA) is 257 Å². The number of carboxylic acid groups (broad SMARTS) is 1. The minimum atomic E-state index is -1.58. The van der Waals surface area contributed by atoms with Gasteiger partial charge in [-0.3, -0.25) is 24.0 Å². The number of carbonyl (C=O) groups excluding carboxylic acids is 5. The zero-order chi connectivity index (χ0) is 24.3. The van der Waals surface area contributed by atoms with Gasteiger partial charge in [-0.15, -0.1) is 0 Å². The van der Waals surface area contributed by atoms with Gasteiger partial charge in [-0.25, -0.2) is 4.79 Å². The maximum atomic E-state index is 12.4. The molecule has 15 heteroatoms. The van der Waals surface area contributed by atoms with E-state index in [-0.39, 0.29) is 18.6 Å². The number of aliphatic carboxylic acids is 1. The number of carbonyl (C=O) groups is 6. The number of aliphatic hydroxyl groups excluding tert-OH is 1. The van der Waals surface area contributed by atoms with Crippen molar-refractivity contribution in [1.82, 2.24) is 16.0 Å². The molecule has 0 saturated heterocycles. The largest absolute Gasteiger partial charge is 0.480 e. The zero-order valence-electron chi connectivity index (χ0n) is 16.7. The predicted molar refractivity (Wildman–Crippen MR) is 109 cm³/mol. The molecular weight excluding hydrogens is 436 g/mol. The molecule has 0 bridgehead atoms.